The average molecular weight is 276 g/mol. The van der Waals surface area contributed by atoms with Gasteiger partial charge in [0.05, 0.1) is 5.69 Å². The summed E-state index contributed by atoms with van der Waals surface area (Å²) in [7, 11) is 0. The van der Waals surface area contributed by atoms with Crippen LogP contribution in [0.2, 0.25) is 0 Å². The SMILES string of the molecule is CC(Nc1ccc(F)cc1)C(=O)Nc1ccccc1F. The lowest BCUT2D eigenvalue weighted by Crippen LogP contribution is -2.32. The molecule has 1 unspecified atom stereocenters. The van der Waals surface area contributed by atoms with Gasteiger partial charge in [0.1, 0.15) is 17.7 Å². The van der Waals surface area contributed by atoms with E-state index >= 15 is 0 Å². The molecule has 1 amide bonds. The third kappa shape index (κ3) is 3.54. The molecule has 0 bridgehead atoms. The molecule has 0 saturated carbocycles. The Morgan fingerprint density at radius 1 is 1.05 bits per heavy atom. The molecule has 0 aliphatic heterocycles. The van der Waals surface area contributed by atoms with Gasteiger partial charge in [-0.1, -0.05) is 12.1 Å². The second-order valence-corrected chi connectivity index (χ2v) is 4.34. The van der Waals surface area contributed by atoms with Gasteiger partial charge in [0, 0.05) is 5.69 Å². The normalized spacial score (nSPS) is 11.8. The molecule has 0 aliphatic carbocycles. The van der Waals surface area contributed by atoms with E-state index in [4.69, 9.17) is 0 Å². The van der Waals surface area contributed by atoms with E-state index in [0.29, 0.717) is 5.69 Å². The summed E-state index contributed by atoms with van der Waals surface area (Å²) in [4.78, 5) is 11.9. The zero-order valence-electron chi connectivity index (χ0n) is 10.9. The van der Waals surface area contributed by atoms with Gasteiger partial charge in [0.25, 0.3) is 0 Å². The summed E-state index contributed by atoms with van der Waals surface area (Å²) < 4.78 is 26.2. The van der Waals surface area contributed by atoms with Crippen LogP contribution < -0.4 is 10.6 Å². The number of carbonyl (C=O) groups is 1. The smallest absolute Gasteiger partial charge is 0.246 e. The van der Waals surface area contributed by atoms with Crippen molar-refractivity contribution in [1.82, 2.24) is 0 Å². The van der Waals surface area contributed by atoms with E-state index in [1.165, 1.54) is 36.4 Å². The van der Waals surface area contributed by atoms with Crippen LogP contribution in [0.1, 0.15) is 6.92 Å². The molecule has 1 atom stereocenters. The molecular weight excluding hydrogens is 262 g/mol. The second kappa shape index (κ2) is 6.14. The molecule has 0 aliphatic rings. The summed E-state index contributed by atoms with van der Waals surface area (Å²) >= 11 is 0. The third-order valence-electron chi connectivity index (χ3n) is 2.75. The van der Waals surface area contributed by atoms with E-state index in [9.17, 15) is 13.6 Å². The summed E-state index contributed by atoms with van der Waals surface area (Å²) in [6, 6.07) is 11.0. The fourth-order valence-corrected chi connectivity index (χ4v) is 1.67. The maximum atomic E-state index is 13.4. The van der Waals surface area contributed by atoms with Crippen molar-refractivity contribution in [3.63, 3.8) is 0 Å². The van der Waals surface area contributed by atoms with Crippen LogP contribution in [0.4, 0.5) is 20.2 Å². The van der Waals surface area contributed by atoms with Gasteiger partial charge >= 0.3 is 0 Å². The first-order chi connectivity index (χ1) is 9.56. The van der Waals surface area contributed by atoms with E-state index in [-0.39, 0.29) is 17.4 Å². The standard InChI is InChI=1S/C15H14F2N2O/c1-10(18-12-8-6-11(16)7-9-12)15(20)19-14-5-3-2-4-13(14)17/h2-10,18H,1H3,(H,19,20). The molecule has 0 heterocycles. The quantitative estimate of drug-likeness (QED) is 0.898. The number of amides is 1. The van der Waals surface area contributed by atoms with Crippen LogP contribution in [0.15, 0.2) is 48.5 Å². The fraction of sp³-hybridized carbons (Fsp3) is 0.133. The highest BCUT2D eigenvalue weighted by atomic mass is 19.1. The molecule has 2 N–H and O–H groups in total. The van der Waals surface area contributed by atoms with Crippen molar-refractivity contribution in [3.8, 4) is 0 Å². The Bertz CT molecular complexity index is 599. The summed E-state index contributed by atoms with van der Waals surface area (Å²) in [6.07, 6.45) is 0. The number of benzene rings is 2. The third-order valence-corrected chi connectivity index (χ3v) is 2.75. The predicted octanol–water partition coefficient (Wildman–Crippen LogP) is 3.40. The topological polar surface area (TPSA) is 41.1 Å². The van der Waals surface area contributed by atoms with Crippen LogP contribution >= 0.6 is 0 Å². The number of hydrogen-bond donors (Lipinski definition) is 2. The molecule has 5 heteroatoms. The Labute approximate surface area is 115 Å². The van der Waals surface area contributed by atoms with Gasteiger partial charge in [-0.05, 0) is 43.3 Å². The molecule has 0 saturated heterocycles. The number of para-hydroxylation sites is 1. The molecule has 0 fully saturated rings. The Balaban J connectivity index is 1.99. The average Bonchev–Trinajstić information content (AvgIpc) is 2.44. The van der Waals surface area contributed by atoms with Gasteiger partial charge in [-0.2, -0.15) is 0 Å². The van der Waals surface area contributed by atoms with E-state index in [2.05, 4.69) is 10.6 Å². The monoisotopic (exact) mass is 276 g/mol. The van der Waals surface area contributed by atoms with Crippen molar-refractivity contribution < 1.29 is 13.6 Å². The van der Waals surface area contributed by atoms with Gasteiger partial charge in [0.15, 0.2) is 0 Å². The lowest BCUT2D eigenvalue weighted by molar-refractivity contribution is -0.116. The summed E-state index contributed by atoms with van der Waals surface area (Å²) in [5.74, 6) is -1.21. The minimum atomic E-state index is -0.583. The largest absolute Gasteiger partial charge is 0.374 e. The Morgan fingerprint density at radius 3 is 2.35 bits per heavy atom. The predicted molar refractivity (Wildman–Crippen MR) is 74.5 cm³/mol. The second-order valence-electron chi connectivity index (χ2n) is 4.34. The van der Waals surface area contributed by atoms with Crippen molar-refractivity contribution in [1.29, 1.82) is 0 Å². The first kappa shape index (κ1) is 14.0. The van der Waals surface area contributed by atoms with Crippen LogP contribution in [0.5, 0.6) is 0 Å². The maximum absolute atomic E-state index is 13.4. The van der Waals surface area contributed by atoms with Crippen molar-refractivity contribution in [2.45, 2.75) is 13.0 Å². The number of hydrogen-bond acceptors (Lipinski definition) is 2. The lowest BCUT2D eigenvalue weighted by Gasteiger charge is -2.15. The number of anilines is 2. The number of nitrogens with one attached hydrogen (secondary N) is 2. The fourth-order valence-electron chi connectivity index (χ4n) is 1.67. The maximum Gasteiger partial charge on any atom is 0.246 e. The van der Waals surface area contributed by atoms with Gasteiger partial charge in [0.2, 0.25) is 5.91 Å². The molecule has 0 aromatic heterocycles. The highest BCUT2D eigenvalue weighted by Gasteiger charge is 2.14. The Hall–Kier alpha value is -2.43. The molecule has 104 valence electrons. The van der Waals surface area contributed by atoms with E-state index in [0.717, 1.165) is 0 Å². The van der Waals surface area contributed by atoms with Crippen molar-refractivity contribution in [2.75, 3.05) is 10.6 Å². The van der Waals surface area contributed by atoms with Crippen LogP contribution in [-0.4, -0.2) is 11.9 Å². The minimum Gasteiger partial charge on any atom is -0.374 e. The highest BCUT2D eigenvalue weighted by Crippen LogP contribution is 2.14. The zero-order valence-corrected chi connectivity index (χ0v) is 10.9. The first-order valence-corrected chi connectivity index (χ1v) is 6.14. The lowest BCUT2D eigenvalue weighted by atomic mass is 10.2. The zero-order chi connectivity index (χ0) is 14.5. The molecular formula is C15H14F2N2O. The number of halogens is 2. The number of carbonyl (C=O) groups excluding carboxylic acids is 1. The molecule has 0 spiro atoms. The van der Waals surface area contributed by atoms with Crippen LogP contribution in [0.3, 0.4) is 0 Å². The van der Waals surface area contributed by atoms with Gasteiger partial charge < -0.3 is 10.6 Å². The van der Waals surface area contributed by atoms with E-state index < -0.39 is 11.9 Å². The molecule has 20 heavy (non-hydrogen) atoms. The van der Waals surface area contributed by atoms with Crippen molar-refractivity contribution >= 4 is 17.3 Å². The molecule has 3 nitrogen and oxygen atoms in total. The van der Waals surface area contributed by atoms with Gasteiger partial charge in [-0.15, -0.1) is 0 Å². The first-order valence-electron chi connectivity index (χ1n) is 6.14. The summed E-state index contributed by atoms with van der Waals surface area (Å²) in [5.41, 5.74) is 0.743. The van der Waals surface area contributed by atoms with Crippen LogP contribution in [0.25, 0.3) is 0 Å². The Kier molecular flexibility index (Phi) is 4.30. The van der Waals surface area contributed by atoms with E-state index in [1.807, 2.05) is 0 Å². The highest BCUT2D eigenvalue weighted by molar-refractivity contribution is 5.96. The van der Waals surface area contributed by atoms with Crippen molar-refractivity contribution in [2.24, 2.45) is 0 Å². The van der Waals surface area contributed by atoms with Crippen molar-refractivity contribution in [3.05, 3.63) is 60.2 Å². The summed E-state index contributed by atoms with van der Waals surface area (Å²) in [6.45, 7) is 1.64. The van der Waals surface area contributed by atoms with Gasteiger partial charge in [-0.25, -0.2) is 8.78 Å². The minimum absolute atomic E-state index is 0.130. The van der Waals surface area contributed by atoms with E-state index in [1.54, 1.807) is 19.1 Å². The van der Waals surface area contributed by atoms with Crippen LogP contribution in [-0.2, 0) is 4.79 Å². The molecule has 2 aromatic rings. The molecule has 2 rings (SSSR count). The summed E-state index contributed by atoms with van der Waals surface area (Å²) in [5, 5.41) is 5.40. The van der Waals surface area contributed by atoms with Crippen LogP contribution in [0, 0.1) is 11.6 Å². The molecule has 2 aromatic carbocycles. The van der Waals surface area contributed by atoms with Gasteiger partial charge in [-0.3, -0.25) is 4.79 Å². The Morgan fingerprint density at radius 2 is 1.70 bits per heavy atom. The molecule has 0 radical (unpaired) electrons. The number of rotatable bonds is 4.